The van der Waals surface area contributed by atoms with Gasteiger partial charge in [-0.25, -0.2) is 4.79 Å². The van der Waals surface area contributed by atoms with Crippen molar-refractivity contribution < 1.29 is 14.4 Å². The number of carbonyl (C=O) groups excluding carboxylic acids is 2. The zero-order valence-corrected chi connectivity index (χ0v) is 18.2. The molecule has 9 heteroatoms. The third-order valence-corrected chi connectivity index (χ3v) is 6.12. The Morgan fingerprint density at radius 3 is 1.89 bits per heavy atom. The normalized spacial score (nSPS) is 11.2. The summed E-state index contributed by atoms with van der Waals surface area (Å²) >= 11 is 3.73. The van der Waals surface area contributed by atoms with Crippen molar-refractivity contribution >= 4 is 35.4 Å². The molecule has 0 aromatic rings. The number of amides is 1. The van der Waals surface area contributed by atoms with Crippen LogP contribution in [0.3, 0.4) is 0 Å². The molecule has 0 fully saturated rings. The number of hydrogen-bond acceptors (Lipinski definition) is 8. The number of thioether (sulfide) groups is 2. The fourth-order valence-corrected chi connectivity index (χ4v) is 4.99. The highest BCUT2D eigenvalue weighted by Crippen LogP contribution is 2.29. The van der Waals surface area contributed by atoms with Crippen LogP contribution in [-0.4, -0.2) is 34.9 Å². The second kappa shape index (κ2) is 13.6. The van der Waals surface area contributed by atoms with Crippen LogP contribution in [0, 0.1) is 33.7 Å². The Hall–Kier alpha value is -1.58. The summed E-state index contributed by atoms with van der Waals surface area (Å²) in [6.45, 7) is 8.11. The molecule has 0 aliphatic heterocycles. The molecule has 7 nitrogen and oxygen atoms in total. The first-order valence-corrected chi connectivity index (χ1v) is 11.1. The second-order valence-electron chi connectivity index (χ2n) is 7.75. The molecule has 0 radical (unpaired) electrons. The average molecular weight is 415 g/mol. The smallest absolute Gasteiger partial charge is 0.333 e. The Labute approximate surface area is 170 Å². The molecule has 0 rings (SSSR count). The first-order chi connectivity index (χ1) is 12.6. The van der Waals surface area contributed by atoms with Crippen molar-refractivity contribution in [3.8, 4) is 12.4 Å². The Bertz CT molecular complexity index is 554. The van der Waals surface area contributed by atoms with Gasteiger partial charge in [-0.1, -0.05) is 27.7 Å². The van der Waals surface area contributed by atoms with Gasteiger partial charge in [0.25, 0.3) is 0 Å². The second-order valence-corrected chi connectivity index (χ2v) is 10.2. The van der Waals surface area contributed by atoms with E-state index < -0.39 is 5.97 Å². The van der Waals surface area contributed by atoms with Crippen LogP contribution in [0.2, 0.25) is 0 Å². The van der Waals surface area contributed by atoms with Gasteiger partial charge < -0.3 is 4.84 Å². The van der Waals surface area contributed by atoms with E-state index in [1.54, 1.807) is 12.4 Å². The van der Waals surface area contributed by atoms with Crippen molar-refractivity contribution in [3.05, 3.63) is 0 Å². The van der Waals surface area contributed by atoms with Gasteiger partial charge in [-0.3, -0.25) is 10.1 Å². The van der Waals surface area contributed by atoms with Gasteiger partial charge in [0.05, 0.1) is 6.42 Å². The summed E-state index contributed by atoms with van der Waals surface area (Å²) < 4.78 is 0. The third-order valence-electron chi connectivity index (χ3n) is 3.89. The van der Waals surface area contributed by atoms with E-state index in [0.717, 1.165) is 35.9 Å². The predicted octanol–water partition coefficient (Wildman–Crippen LogP) is 3.19. The molecule has 0 aliphatic rings. The minimum absolute atomic E-state index is 0.111. The first-order valence-electron chi connectivity index (χ1n) is 8.79. The molecule has 152 valence electrons. The Kier molecular flexibility index (Phi) is 12.8. The summed E-state index contributed by atoms with van der Waals surface area (Å²) in [5.41, 5.74) is 1.63. The summed E-state index contributed by atoms with van der Waals surface area (Å²) in [5, 5.41) is 18.9. The van der Waals surface area contributed by atoms with Crippen LogP contribution in [0.15, 0.2) is 0 Å². The van der Waals surface area contributed by atoms with Crippen LogP contribution in [0.4, 0.5) is 0 Å². The third kappa shape index (κ3) is 15.2. The van der Waals surface area contributed by atoms with Gasteiger partial charge in [0.15, 0.2) is 6.19 Å². The molecule has 0 unspecified atom stereocenters. The molecule has 0 aromatic heterocycles. The SMILES string of the molecule is CC(C)(CCSCCSCCC(C)(C)CC(=O)ONC#N)CC(=O)NC#N. The fourth-order valence-electron chi connectivity index (χ4n) is 2.24. The molecular formula is C18H30N4O3S2. The molecule has 27 heavy (non-hydrogen) atoms. The molecule has 0 spiro atoms. The van der Waals surface area contributed by atoms with Crippen LogP contribution in [0.25, 0.3) is 0 Å². The first kappa shape index (κ1) is 25.4. The monoisotopic (exact) mass is 414 g/mol. The Morgan fingerprint density at radius 2 is 1.41 bits per heavy atom. The van der Waals surface area contributed by atoms with E-state index in [0.29, 0.717) is 6.42 Å². The molecule has 0 atom stereocenters. The topological polar surface area (TPSA) is 115 Å². The largest absolute Gasteiger partial charge is 0.334 e. The number of nitrogens with one attached hydrogen (secondary N) is 2. The van der Waals surface area contributed by atoms with E-state index in [2.05, 4.69) is 10.2 Å². The molecule has 1 amide bonds. The maximum absolute atomic E-state index is 11.5. The number of hydroxylamine groups is 1. The van der Waals surface area contributed by atoms with E-state index in [1.165, 1.54) is 0 Å². The number of rotatable bonds is 14. The van der Waals surface area contributed by atoms with Crippen molar-refractivity contribution in [1.29, 1.82) is 10.5 Å². The van der Waals surface area contributed by atoms with Crippen molar-refractivity contribution in [2.45, 2.75) is 53.4 Å². The highest BCUT2D eigenvalue weighted by atomic mass is 32.2. The summed E-state index contributed by atoms with van der Waals surface area (Å²) in [6.07, 6.45) is 5.66. The van der Waals surface area contributed by atoms with Crippen LogP contribution >= 0.6 is 23.5 Å². The van der Waals surface area contributed by atoms with Gasteiger partial charge >= 0.3 is 5.97 Å². The molecule has 2 N–H and O–H groups in total. The lowest BCUT2D eigenvalue weighted by atomic mass is 9.86. The van der Waals surface area contributed by atoms with Crippen molar-refractivity contribution in [2.75, 3.05) is 23.0 Å². The maximum atomic E-state index is 11.5. The average Bonchev–Trinajstić information content (AvgIpc) is 2.54. The predicted molar refractivity (Wildman–Crippen MR) is 109 cm³/mol. The van der Waals surface area contributed by atoms with E-state index >= 15 is 0 Å². The Balaban J connectivity index is 3.77. The number of nitriles is 2. The van der Waals surface area contributed by atoms with Crippen molar-refractivity contribution in [2.24, 2.45) is 10.8 Å². The number of carbonyl (C=O) groups is 2. The number of hydrogen-bond donors (Lipinski definition) is 2. The lowest BCUT2D eigenvalue weighted by molar-refractivity contribution is -0.150. The molecule has 0 aliphatic carbocycles. The summed E-state index contributed by atoms with van der Waals surface area (Å²) in [6, 6.07) is 0. The van der Waals surface area contributed by atoms with Crippen LogP contribution in [0.1, 0.15) is 53.4 Å². The number of nitrogens with zero attached hydrogens (tertiary/aromatic N) is 2. The van der Waals surface area contributed by atoms with E-state index in [4.69, 9.17) is 10.5 Å². The lowest BCUT2D eigenvalue weighted by Gasteiger charge is -2.23. The van der Waals surface area contributed by atoms with Gasteiger partial charge in [0.2, 0.25) is 12.1 Å². The van der Waals surface area contributed by atoms with E-state index in [1.807, 2.05) is 56.7 Å². The zero-order valence-electron chi connectivity index (χ0n) is 16.6. The highest BCUT2D eigenvalue weighted by molar-refractivity contribution is 8.02. The highest BCUT2D eigenvalue weighted by Gasteiger charge is 2.23. The molecule has 0 saturated carbocycles. The van der Waals surface area contributed by atoms with Gasteiger partial charge in [-0.05, 0) is 35.2 Å². The molecular weight excluding hydrogens is 384 g/mol. The van der Waals surface area contributed by atoms with Crippen LogP contribution < -0.4 is 10.8 Å². The molecule has 0 heterocycles. The minimum atomic E-state index is -0.423. The lowest BCUT2D eigenvalue weighted by Crippen LogP contribution is -2.26. The van der Waals surface area contributed by atoms with Crippen LogP contribution in [0.5, 0.6) is 0 Å². The van der Waals surface area contributed by atoms with E-state index in [9.17, 15) is 9.59 Å². The summed E-state index contributed by atoms with van der Waals surface area (Å²) in [4.78, 5) is 27.6. The van der Waals surface area contributed by atoms with Crippen molar-refractivity contribution in [1.82, 2.24) is 10.8 Å². The molecule has 0 aromatic carbocycles. The maximum Gasteiger partial charge on any atom is 0.333 e. The van der Waals surface area contributed by atoms with Crippen molar-refractivity contribution in [3.63, 3.8) is 0 Å². The zero-order chi connectivity index (χ0) is 20.8. The van der Waals surface area contributed by atoms with Gasteiger partial charge in [-0.2, -0.15) is 39.5 Å². The van der Waals surface area contributed by atoms with Gasteiger partial charge in [-0.15, -0.1) is 0 Å². The summed E-state index contributed by atoms with van der Waals surface area (Å²) in [7, 11) is 0. The Morgan fingerprint density at radius 1 is 0.889 bits per heavy atom. The standard InChI is InChI=1S/C18H30N4O3S2/c1-17(2,11-15(23)21-13-19)5-7-26-9-10-27-8-6-18(3,4)12-16(24)25-22-14-20/h22H,5-12H2,1-4H3,(H,21,23). The minimum Gasteiger partial charge on any atom is -0.334 e. The molecule has 0 bridgehead atoms. The quantitative estimate of drug-likeness (QED) is 0.193. The van der Waals surface area contributed by atoms with Gasteiger partial charge in [0, 0.05) is 17.9 Å². The summed E-state index contributed by atoms with van der Waals surface area (Å²) in [5.74, 6) is 3.38. The van der Waals surface area contributed by atoms with Crippen LogP contribution in [-0.2, 0) is 14.4 Å². The fraction of sp³-hybridized carbons (Fsp3) is 0.778. The molecule has 0 saturated heterocycles. The van der Waals surface area contributed by atoms with Gasteiger partial charge in [0.1, 0.15) is 0 Å². The van der Waals surface area contributed by atoms with E-state index in [-0.39, 0.29) is 23.2 Å².